The van der Waals surface area contributed by atoms with Crippen LogP contribution in [0.5, 0.6) is 5.75 Å². The summed E-state index contributed by atoms with van der Waals surface area (Å²) in [4.78, 5) is 12.1. The molecule has 0 aliphatic heterocycles. The largest absolute Gasteiger partial charge is 0.481 e. The summed E-state index contributed by atoms with van der Waals surface area (Å²) in [5, 5.41) is 2.27. The summed E-state index contributed by atoms with van der Waals surface area (Å²) in [6.07, 6.45) is -5.47. The van der Waals surface area contributed by atoms with Crippen LogP contribution in [0.2, 0.25) is 0 Å². The van der Waals surface area contributed by atoms with Gasteiger partial charge >= 0.3 is 6.18 Å². The topological polar surface area (TPSA) is 38.3 Å². The van der Waals surface area contributed by atoms with Gasteiger partial charge < -0.3 is 10.1 Å². The van der Waals surface area contributed by atoms with Gasteiger partial charge in [-0.05, 0) is 43.7 Å². The van der Waals surface area contributed by atoms with Crippen molar-refractivity contribution in [3.63, 3.8) is 0 Å². The molecule has 0 saturated carbocycles. The van der Waals surface area contributed by atoms with Crippen LogP contribution in [0.4, 0.5) is 18.9 Å². The van der Waals surface area contributed by atoms with E-state index in [0.717, 1.165) is 11.6 Å². The molecule has 0 bridgehead atoms. The number of aryl methyl sites for hydroxylation is 1. The Morgan fingerprint density at radius 1 is 1.13 bits per heavy atom. The fourth-order valence-corrected chi connectivity index (χ4v) is 2.02. The number of alkyl halides is 3. The standard InChI is InChI=1S/C17H16F3NO2/c1-11-6-5-7-13(10-11)23-12(2)16(22)21-15-9-4-3-8-14(15)17(18,19)20/h3-10,12H,1-2H3,(H,21,22). The molecule has 1 N–H and O–H groups in total. The van der Waals surface area contributed by atoms with Gasteiger partial charge in [0.2, 0.25) is 0 Å². The van der Waals surface area contributed by atoms with Crippen LogP contribution < -0.4 is 10.1 Å². The molecule has 0 saturated heterocycles. The summed E-state index contributed by atoms with van der Waals surface area (Å²) in [5.41, 5.74) is -0.224. The minimum atomic E-state index is -4.54. The van der Waals surface area contributed by atoms with Gasteiger partial charge in [0.05, 0.1) is 11.3 Å². The molecule has 1 atom stereocenters. The third-order valence-electron chi connectivity index (χ3n) is 3.16. The zero-order valence-corrected chi connectivity index (χ0v) is 12.6. The maximum atomic E-state index is 12.9. The summed E-state index contributed by atoms with van der Waals surface area (Å²) in [5.74, 6) is -0.167. The van der Waals surface area contributed by atoms with Crippen LogP contribution in [0.3, 0.4) is 0 Å². The average molecular weight is 323 g/mol. The Kier molecular flexibility index (Phi) is 4.93. The summed E-state index contributed by atoms with van der Waals surface area (Å²) in [6.45, 7) is 3.35. The van der Waals surface area contributed by atoms with Crippen molar-refractivity contribution in [3.05, 3.63) is 59.7 Å². The Balaban J connectivity index is 2.10. The summed E-state index contributed by atoms with van der Waals surface area (Å²) in [7, 11) is 0. The fraction of sp³-hybridized carbons (Fsp3) is 0.235. The highest BCUT2D eigenvalue weighted by Crippen LogP contribution is 2.34. The number of amides is 1. The molecule has 0 aliphatic rings. The van der Waals surface area contributed by atoms with E-state index in [1.807, 2.05) is 13.0 Å². The number of benzene rings is 2. The number of halogens is 3. The lowest BCUT2D eigenvalue weighted by Crippen LogP contribution is -2.31. The second-order valence-corrected chi connectivity index (χ2v) is 5.11. The second-order valence-electron chi connectivity index (χ2n) is 5.11. The van der Waals surface area contributed by atoms with Crippen molar-refractivity contribution in [1.29, 1.82) is 0 Å². The van der Waals surface area contributed by atoms with Crippen molar-refractivity contribution in [3.8, 4) is 5.75 Å². The molecule has 0 heterocycles. The van der Waals surface area contributed by atoms with Crippen LogP contribution in [0.25, 0.3) is 0 Å². The minimum Gasteiger partial charge on any atom is -0.481 e. The number of ether oxygens (including phenoxy) is 1. The molecule has 3 nitrogen and oxygen atoms in total. The third-order valence-corrected chi connectivity index (χ3v) is 3.16. The van der Waals surface area contributed by atoms with Crippen molar-refractivity contribution < 1.29 is 22.7 Å². The first-order chi connectivity index (χ1) is 10.8. The van der Waals surface area contributed by atoms with E-state index in [9.17, 15) is 18.0 Å². The molecule has 0 fully saturated rings. The Labute approximate surface area is 132 Å². The zero-order chi connectivity index (χ0) is 17.0. The lowest BCUT2D eigenvalue weighted by Gasteiger charge is -2.17. The van der Waals surface area contributed by atoms with Crippen molar-refractivity contribution >= 4 is 11.6 Å². The van der Waals surface area contributed by atoms with Crippen LogP contribution in [0.15, 0.2) is 48.5 Å². The van der Waals surface area contributed by atoms with Crippen molar-refractivity contribution in [2.75, 3.05) is 5.32 Å². The quantitative estimate of drug-likeness (QED) is 0.904. The van der Waals surface area contributed by atoms with Gasteiger partial charge in [0.1, 0.15) is 5.75 Å². The van der Waals surface area contributed by atoms with Crippen molar-refractivity contribution in [2.24, 2.45) is 0 Å². The molecular formula is C17H16F3NO2. The number of hydrogen-bond acceptors (Lipinski definition) is 2. The summed E-state index contributed by atoms with van der Waals surface area (Å²) in [6, 6.07) is 11.9. The minimum absolute atomic E-state index is 0.287. The van der Waals surface area contributed by atoms with Crippen LogP contribution in [-0.4, -0.2) is 12.0 Å². The highest BCUT2D eigenvalue weighted by Gasteiger charge is 2.33. The maximum absolute atomic E-state index is 12.9. The predicted molar refractivity (Wildman–Crippen MR) is 81.3 cm³/mol. The van der Waals surface area contributed by atoms with E-state index in [2.05, 4.69) is 5.32 Å². The first-order valence-corrected chi connectivity index (χ1v) is 6.98. The Bertz CT molecular complexity index is 698. The number of nitrogens with one attached hydrogen (secondary N) is 1. The SMILES string of the molecule is Cc1cccc(OC(C)C(=O)Nc2ccccc2C(F)(F)F)c1. The molecular weight excluding hydrogens is 307 g/mol. The van der Waals surface area contributed by atoms with Crippen molar-refractivity contribution in [2.45, 2.75) is 26.1 Å². The lowest BCUT2D eigenvalue weighted by molar-refractivity contribution is -0.137. The molecule has 2 aromatic rings. The molecule has 23 heavy (non-hydrogen) atoms. The molecule has 6 heteroatoms. The Morgan fingerprint density at radius 3 is 2.48 bits per heavy atom. The molecule has 0 aromatic heterocycles. The molecule has 2 rings (SSSR count). The first kappa shape index (κ1) is 16.9. The highest BCUT2D eigenvalue weighted by atomic mass is 19.4. The molecule has 1 amide bonds. The summed E-state index contributed by atoms with van der Waals surface area (Å²) < 4.78 is 44.2. The van der Waals surface area contributed by atoms with Gasteiger partial charge in [-0.15, -0.1) is 0 Å². The normalized spacial score (nSPS) is 12.6. The van der Waals surface area contributed by atoms with Crippen LogP contribution in [-0.2, 0) is 11.0 Å². The van der Waals surface area contributed by atoms with Crippen LogP contribution >= 0.6 is 0 Å². The number of carbonyl (C=O) groups excluding carboxylic acids is 1. The van der Waals surface area contributed by atoms with Gasteiger partial charge in [0.25, 0.3) is 5.91 Å². The number of rotatable bonds is 4. The van der Waals surface area contributed by atoms with Gasteiger partial charge in [-0.3, -0.25) is 4.79 Å². The smallest absolute Gasteiger partial charge is 0.418 e. The maximum Gasteiger partial charge on any atom is 0.418 e. The summed E-state index contributed by atoms with van der Waals surface area (Å²) >= 11 is 0. The first-order valence-electron chi connectivity index (χ1n) is 6.98. The Hall–Kier alpha value is -2.50. The van der Waals surface area contributed by atoms with Gasteiger partial charge in [-0.25, -0.2) is 0 Å². The van der Waals surface area contributed by atoms with E-state index < -0.39 is 23.8 Å². The van der Waals surface area contributed by atoms with Gasteiger partial charge in [0.15, 0.2) is 6.10 Å². The number of anilines is 1. The van der Waals surface area contributed by atoms with E-state index in [-0.39, 0.29) is 5.69 Å². The van der Waals surface area contributed by atoms with Crippen molar-refractivity contribution in [1.82, 2.24) is 0 Å². The fourth-order valence-electron chi connectivity index (χ4n) is 2.02. The van der Waals surface area contributed by atoms with E-state index in [1.54, 1.807) is 18.2 Å². The molecule has 122 valence electrons. The van der Waals surface area contributed by atoms with Gasteiger partial charge in [-0.2, -0.15) is 13.2 Å². The lowest BCUT2D eigenvalue weighted by atomic mass is 10.1. The molecule has 2 aromatic carbocycles. The van der Waals surface area contributed by atoms with Gasteiger partial charge in [0, 0.05) is 0 Å². The second kappa shape index (κ2) is 6.73. The third kappa shape index (κ3) is 4.48. The van der Waals surface area contributed by atoms with E-state index >= 15 is 0 Å². The number of carbonyl (C=O) groups is 1. The highest BCUT2D eigenvalue weighted by molar-refractivity contribution is 5.94. The molecule has 0 aliphatic carbocycles. The zero-order valence-electron chi connectivity index (χ0n) is 12.6. The monoisotopic (exact) mass is 323 g/mol. The van der Waals surface area contributed by atoms with Crippen LogP contribution in [0, 0.1) is 6.92 Å². The molecule has 0 radical (unpaired) electrons. The molecule has 1 unspecified atom stereocenters. The van der Waals surface area contributed by atoms with Crippen LogP contribution in [0.1, 0.15) is 18.1 Å². The van der Waals surface area contributed by atoms with Gasteiger partial charge in [-0.1, -0.05) is 24.3 Å². The predicted octanol–water partition coefficient (Wildman–Crippen LogP) is 4.42. The number of hydrogen-bond donors (Lipinski definition) is 1. The number of para-hydroxylation sites is 1. The molecule has 0 spiro atoms. The van der Waals surface area contributed by atoms with E-state index in [0.29, 0.717) is 5.75 Å². The van der Waals surface area contributed by atoms with E-state index in [4.69, 9.17) is 4.74 Å². The average Bonchev–Trinajstić information content (AvgIpc) is 2.46. The Morgan fingerprint density at radius 2 is 1.83 bits per heavy atom. The van der Waals surface area contributed by atoms with E-state index in [1.165, 1.54) is 25.1 Å².